The lowest BCUT2D eigenvalue weighted by atomic mass is 10.1. The number of anilines is 2. The van der Waals surface area contributed by atoms with Crippen molar-refractivity contribution >= 4 is 34.6 Å². The topological polar surface area (TPSA) is 115 Å². The fourth-order valence-corrected chi connectivity index (χ4v) is 3.15. The predicted octanol–water partition coefficient (Wildman–Crippen LogP) is 3.17. The van der Waals surface area contributed by atoms with Crippen molar-refractivity contribution in [3.8, 4) is 0 Å². The molecule has 1 aromatic carbocycles. The number of fused-ring (bicyclic) bond motifs is 1. The summed E-state index contributed by atoms with van der Waals surface area (Å²) in [5.74, 6) is -0.125. The number of pyridine rings is 1. The maximum absolute atomic E-state index is 12.9. The van der Waals surface area contributed by atoms with Crippen molar-refractivity contribution in [2.24, 2.45) is 0 Å². The smallest absolute Gasteiger partial charge is 0.258 e. The molecule has 0 aliphatic carbocycles. The van der Waals surface area contributed by atoms with E-state index in [2.05, 4.69) is 15.3 Å². The summed E-state index contributed by atoms with van der Waals surface area (Å²) in [5, 5.41) is 2.85. The molecular weight excluding hydrogens is 408 g/mol. The van der Waals surface area contributed by atoms with Crippen LogP contribution in [0, 0.1) is 0 Å². The Bertz CT molecular complexity index is 1130. The van der Waals surface area contributed by atoms with Crippen LogP contribution >= 0.6 is 0 Å². The molecule has 0 aliphatic rings. The SMILES string of the molecule is COCCCn1c(NC(=O)c2cccc(N)c2)nc2cc(C(=O)N(C)C(C)(C)C)cnc21. The molecule has 32 heavy (non-hydrogen) atoms. The molecular formula is C23H30N6O3. The van der Waals surface area contributed by atoms with Gasteiger partial charge in [-0.25, -0.2) is 9.97 Å². The Morgan fingerprint density at radius 2 is 1.97 bits per heavy atom. The van der Waals surface area contributed by atoms with Gasteiger partial charge in [0.2, 0.25) is 5.95 Å². The highest BCUT2D eigenvalue weighted by molar-refractivity contribution is 6.04. The third-order valence-electron chi connectivity index (χ3n) is 5.25. The van der Waals surface area contributed by atoms with Crippen molar-refractivity contribution in [1.29, 1.82) is 0 Å². The van der Waals surface area contributed by atoms with Crippen molar-refractivity contribution in [3.63, 3.8) is 0 Å². The molecule has 0 unspecified atom stereocenters. The van der Waals surface area contributed by atoms with E-state index in [1.165, 1.54) is 0 Å². The van der Waals surface area contributed by atoms with Crippen molar-refractivity contribution in [3.05, 3.63) is 47.7 Å². The number of nitrogens with zero attached hydrogens (tertiary/aromatic N) is 4. The van der Waals surface area contributed by atoms with Crippen LogP contribution in [0.2, 0.25) is 0 Å². The number of aryl methyl sites for hydroxylation is 1. The minimum absolute atomic E-state index is 0.147. The number of hydrogen-bond acceptors (Lipinski definition) is 6. The largest absolute Gasteiger partial charge is 0.399 e. The van der Waals surface area contributed by atoms with Crippen LogP contribution in [-0.4, -0.2) is 57.6 Å². The molecule has 9 nitrogen and oxygen atoms in total. The first-order valence-corrected chi connectivity index (χ1v) is 10.4. The number of carbonyl (C=O) groups excluding carboxylic acids is 2. The summed E-state index contributed by atoms with van der Waals surface area (Å²) in [7, 11) is 3.39. The molecule has 0 radical (unpaired) electrons. The first kappa shape index (κ1) is 23.2. The number of hydrogen-bond donors (Lipinski definition) is 2. The number of benzene rings is 1. The normalized spacial score (nSPS) is 11.5. The lowest BCUT2D eigenvalue weighted by Gasteiger charge is -2.31. The van der Waals surface area contributed by atoms with Crippen LogP contribution in [0.4, 0.5) is 11.6 Å². The number of amides is 2. The molecule has 170 valence electrons. The summed E-state index contributed by atoms with van der Waals surface area (Å²) in [6.07, 6.45) is 2.25. The van der Waals surface area contributed by atoms with Gasteiger partial charge in [0.25, 0.3) is 11.8 Å². The molecule has 0 spiro atoms. The van der Waals surface area contributed by atoms with E-state index in [0.717, 1.165) is 0 Å². The van der Waals surface area contributed by atoms with E-state index in [-0.39, 0.29) is 17.4 Å². The highest BCUT2D eigenvalue weighted by atomic mass is 16.5. The van der Waals surface area contributed by atoms with Crippen molar-refractivity contribution in [1.82, 2.24) is 19.4 Å². The number of carbonyl (C=O) groups is 2. The minimum atomic E-state index is -0.331. The molecule has 3 rings (SSSR count). The van der Waals surface area contributed by atoms with E-state index < -0.39 is 0 Å². The zero-order chi connectivity index (χ0) is 23.5. The Morgan fingerprint density at radius 1 is 1.22 bits per heavy atom. The maximum atomic E-state index is 12.9. The Morgan fingerprint density at radius 3 is 2.62 bits per heavy atom. The average Bonchev–Trinajstić information content (AvgIpc) is 3.08. The van der Waals surface area contributed by atoms with E-state index in [1.807, 2.05) is 25.3 Å². The van der Waals surface area contributed by atoms with E-state index in [4.69, 9.17) is 10.5 Å². The predicted molar refractivity (Wildman–Crippen MR) is 125 cm³/mol. The van der Waals surface area contributed by atoms with Gasteiger partial charge in [-0.1, -0.05) is 6.07 Å². The molecule has 0 aliphatic heterocycles. The monoisotopic (exact) mass is 438 g/mol. The van der Waals surface area contributed by atoms with Crippen LogP contribution in [0.5, 0.6) is 0 Å². The van der Waals surface area contributed by atoms with Crippen LogP contribution in [0.3, 0.4) is 0 Å². The molecule has 0 bridgehead atoms. The number of methoxy groups -OCH3 is 1. The van der Waals surface area contributed by atoms with Gasteiger partial charge in [-0.15, -0.1) is 0 Å². The van der Waals surface area contributed by atoms with Crippen molar-refractivity contribution < 1.29 is 14.3 Å². The fraction of sp³-hybridized carbons (Fsp3) is 0.391. The Labute approximate surface area is 187 Å². The molecule has 2 heterocycles. The van der Waals surface area contributed by atoms with Gasteiger partial charge in [-0.2, -0.15) is 0 Å². The van der Waals surface area contributed by atoms with E-state index in [0.29, 0.717) is 53.5 Å². The second-order valence-corrected chi connectivity index (χ2v) is 8.61. The summed E-state index contributed by atoms with van der Waals surface area (Å²) in [6.45, 7) is 6.98. The third-order valence-corrected chi connectivity index (χ3v) is 5.25. The van der Waals surface area contributed by atoms with E-state index >= 15 is 0 Å². The van der Waals surface area contributed by atoms with Gasteiger partial charge in [0.1, 0.15) is 5.52 Å². The van der Waals surface area contributed by atoms with Gasteiger partial charge in [-0.05, 0) is 51.5 Å². The molecule has 0 atom stereocenters. The highest BCUT2D eigenvalue weighted by Crippen LogP contribution is 2.22. The number of rotatable bonds is 7. The second kappa shape index (κ2) is 9.35. The fourth-order valence-electron chi connectivity index (χ4n) is 3.15. The molecule has 0 saturated carbocycles. The van der Waals surface area contributed by atoms with E-state index in [9.17, 15) is 9.59 Å². The molecule has 2 amide bonds. The zero-order valence-corrected chi connectivity index (χ0v) is 19.2. The van der Waals surface area contributed by atoms with Crippen molar-refractivity contribution in [2.45, 2.75) is 39.3 Å². The van der Waals surface area contributed by atoms with Crippen LogP contribution in [0.15, 0.2) is 36.5 Å². The van der Waals surface area contributed by atoms with Crippen LogP contribution in [-0.2, 0) is 11.3 Å². The summed E-state index contributed by atoms with van der Waals surface area (Å²) in [6, 6.07) is 8.42. The van der Waals surface area contributed by atoms with Crippen LogP contribution in [0.1, 0.15) is 47.9 Å². The van der Waals surface area contributed by atoms with Gasteiger partial charge < -0.3 is 15.4 Å². The molecule has 3 N–H and O–H groups in total. The molecule has 0 saturated heterocycles. The standard InChI is InChI=1S/C23H30N6O3/c1-23(2,3)28(4)21(31)16-13-18-19(25-14-16)29(10-7-11-32-5)22(26-18)27-20(30)15-8-6-9-17(24)12-15/h6,8-9,12-14H,7,10-11,24H2,1-5H3,(H,26,27,30). The van der Waals surface area contributed by atoms with Crippen LogP contribution < -0.4 is 11.1 Å². The summed E-state index contributed by atoms with van der Waals surface area (Å²) >= 11 is 0. The number of aromatic nitrogens is 3. The van der Waals surface area contributed by atoms with Gasteiger partial charge in [-0.3, -0.25) is 19.5 Å². The second-order valence-electron chi connectivity index (χ2n) is 8.61. The quantitative estimate of drug-likeness (QED) is 0.432. The number of ether oxygens (including phenoxy) is 1. The van der Waals surface area contributed by atoms with Crippen LogP contribution in [0.25, 0.3) is 11.2 Å². The summed E-state index contributed by atoms with van der Waals surface area (Å²) in [4.78, 5) is 36.4. The average molecular weight is 439 g/mol. The summed E-state index contributed by atoms with van der Waals surface area (Å²) in [5.41, 5.74) is 7.94. The van der Waals surface area contributed by atoms with Gasteiger partial charge >= 0.3 is 0 Å². The lowest BCUT2D eigenvalue weighted by Crippen LogP contribution is -2.42. The minimum Gasteiger partial charge on any atom is -0.399 e. The van der Waals surface area contributed by atoms with Gasteiger partial charge in [0, 0.05) is 50.3 Å². The Kier molecular flexibility index (Phi) is 6.78. The molecule has 0 fully saturated rings. The van der Waals surface area contributed by atoms with E-state index in [1.54, 1.807) is 55.6 Å². The number of nitrogens with one attached hydrogen (secondary N) is 1. The number of nitrogen functional groups attached to an aromatic ring is 1. The summed E-state index contributed by atoms with van der Waals surface area (Å²) < 4.78 is 6.98. The molecule has 9 heteroatoms. The maximum Gasteiger partial charge on any atom is 0.258 e. The zero-order valence-electron chi connectivity index (χ0n) is 19.2. The Balaban J connectivity index is 1.97. The number of imidazole rings is 1. The highest BCUT2D eigenvalue weighted by Gasteiger charge is 2.25. The molecule has 2 aromatic heterocycles. The van der Waals surface area contributed by atoms with Crippen molar-refractivity contribution in [2.75, 3.05) is 31.8 Å². The lowest BCUT2D eigenvalue weighted by molar-refractivity contribution is 0.0655. The third kappa shape index (κ3) is 5.05. The first-order valence-electron chi connectivity index (χ1n) is 10.4. The Hall–Kier alpha value is -3.46. The first-order chi connectivity index (χ1) is 15.1. The van der Waals surface area contributed by atoms with Gasteiger partial charge in [0.05, 0.1) is 5.56 Å². The molecule has 3 aromatic rings. The number of nitrogens with two attached hydrogens (primary N) is 1. The van der Waals surface area contributed by atoms with Gasteiger partial charge in [0.15, 0.2) is 5.65 Å².